The second kappa shape index (κ2) is 9.84. The molecule has 6 nitrogen and oxygen atoms in total. The summed E-state index contributed by atoms with van der Waals surface area (Å²) in [6.07, 6.45) is 1.81. The van der Waals surface area contributed by atoms with Gasteiger partial charge in [-0.3, -0.25) is 0 Å². The third-order valence-corrected chi connectivity index (χ3v) is 6.31. The monoisotopic (exact) mass is 489 g/mol. The first-order valence-corrected chi connectivity index (χ1v) is 11.9. The topological polar surface area (TPSA) is 69.0 Å². The van der Waals surface area contributed by atoms with Crippen LogP contribution in [0.2, 0.25) is 5.02 Å². The van der Waals surface area contributed by atoms with Crippen molar-refractivity contribution in [2.45, 2.75) is 26.3 Å². The van der Waals surface area contributed by atoms with Gasteiger partial charge in [-0.1, -0.05) is 55.3 Å². The Bertz CT molecular complexity index is 1430. The van der Waals surface area contributed by atoms with E-state index in [0.717, 1.165) is 35.0 Å². The SMILES string of the molecule is CCCCOC(=O)c1ccc(N2COc3c(Cl)cc4c(-c5ccccc5)cc(=O)oc4c3C2)cc1. The van der Waals surface area contributed by atoms with E-state index in [1.165, 1.54) is 6.07 Å². The van der Waals surface area contributed by atoms with Gasteiger partial charge < -0.3 is 18.8 Å². The molecule has 178 valence electrons. The molecule has 0 aliphatic carbocycles. The molecule has 0 saturated heterocycles. The van der Waals surface area contributed by atoms with Crippen molar-refractivity contribution in [2.24, 2.45) is 0 Å². The van der Waals surface area contributed by atoms with E-state index < -0.39 is 5.63 Å². The quantitative estimate of drug-likeness (QED) is 0.177. The van der Waals surface area contributed by atoms with Gasteiger partial charge in [0.15, 0.2) is 6.73 Å². The summed E-state index contributed by atoms with van der Waals surface area (Å²) in [5.41, 5.74) is 3.73. The number of carbonyl (C=O) groups is 1. The molecule has 35 heavy (non-hydrogen) atoms. The molecule has 0 fully saturated rings. The van der Waals surface area contributed by atoms with Gasteiger partial charge in [-0.05, 0) is 47.9 Å². The van der Waals surface area contributed by atoms with Crippen molar-refractivity contribution in [2.75, 3.05) is 18.2 Å². The van der Waals surface area contributed by atoms with Crippen molar-refractivity contribution < 1.29 is 18.7 Å². The molecule has 0 atom stereocenters. The van der Waals surface area contributed by atoms with Gasteiger partial charge in [0.25, 0.3) is 0 Å². The second-order valence-corrected chi connectivity index (χ2v) is 8.80. The van der Waals surface area contributed by atoms with E-state index in [9.17, 15) is 9.59 Å². The Morgan fingerprint density at radius 1 is 1.09 bits per heavy atom. The number of benzene rings is 3. The molecule has 4 aromatic rings. The zero-order chi connectivity index (χ0) is 24.4. The lowest BCUT2D eigenvalue weighted by Crippen LogP contribution is -2.32. The number of hydrogen-bond acceptors (Lipinski definition) is 6. The number of halogens is 1. The number of fused-ring (bicyclic) bond motifs is 3. The van der Waals surface area contributed by atoms with Crippen LogP contribution in [0.4, 0.5) is 5.69 Å². The Labute approximate surface area is 207 Å². The smallest absolute Gasteiger partial charge is 0.338 e. The normalized spacial score (nSPS) is 12.8. The molecule has 0 spiro atoms. The van der Waals surface area contributed by atoms with Crippen LogP contribution in [0, 0.1) is 0 Å². The van der Waals surface area contributed by atoms with Crippen LogP contribution in [0.25, 0.3) is 22.1 Å². The van der Waals surface area contributed by atoms with E-state index in [2.05, 4.69) is 0 Å². The van der Waals surface area contributed by atoms with Crippen LogP contribution >= 0.6 is 11.6 Å². The van der Waals surface area contributed by atoms with Crippen LogP contribution < -0.4 is 15.3 Å². The molecule has 0 unspecified atom stereocenters. The summed E-state index contributed by atoms with van der Waals surface area (Å²) in [4.78, 5) is 26.7. The fraction of sp³-hybridized carbons (Fsp3) is 0.214. The number of hydrogen-bond donors (Lipinski definition) is 0. The van der Waals surface area contributed by atoms with Gasteiger partial charge >= 0.3 is 11.6 Å². The highest BCUT2D eigenvalue weighted by atomic mass is 35.5. The molecule has 5 rings (SSSR count). The van der Waals surface area contributed by atoms with Crippen LogP contribution in [-0.2, 0) is 11.3 Å². The minimum absolute atomic E-state index is 0.265. The molecule has 2 heterocycles. The molecular formula is C28H24ClNO5. The largest absolute Gasteiger partial charge is 0.471 e. The fourth-order valence-electron chi connectivity index (χ4n) is 4.21. The molecule has 0 N–H and O–H groups in total. The average Bonchev–Trinajstić information content (AvgIpc) is 2.89. The first-order valence-electron chi connectivity index (χ1n) is 11.5. The van der Waals surface area contributed by atoms with Crippen molar-refractivity contribution >= 4 is 34.2 Å². The minimum Gasteiger partial charge on any atom is -0.471 e. The summed E-state index contributed by atoms with van der Waals surface area (Å²) in [7, 11) is 0. The second-order valence-electron chi connectivity index (χ2n) is 8.40. The van der Waals surface area contributed by atoms with E-state index >= 15 is 0 Å². The summed E-state index contributed by atoms with van der Waals surface area (Å²) >= 11 is 6.61. The molecule has 0 saturated carbocycles. The third-order valence-electron chi connectivity index (χ3n) is 6.03. The Morgan fingerprint density at radius 3 is 2.60 bits per heavy atom. The van der Waals surface area contributed by atoms with Gasteiger partial charge in [-0.15, -0.1) is 0 Å². The Balaban J connectivity index is 1.49. The number of anilines is 1. The zero-order valence-electron chi connectivity index (χ0n) is 19.3. The third kappa shape index (κ3) is 4.62. The molecule has 0 bridgehead atoms. The van der Waals surface area contributed by atoms with E-state index in [4.69, 9.17) is 25.5 Å². The lowest BCUT2D eigenvalue weighted by Gasteiger charge is -2.31. The number of rotatable bonds is 6. The molecule has 0 amide bonds. The molecule has 7 heteroatoms. The molecule has 0 radical (unpaired) electrons. The van der Waals surface area contributed by atoms with Gasteiger partial charge in [-0.25, -0.2) is 9.59 Å². The highest BCUT2D eigenvalue weighted by Crippen LogP contribution is 2.42. The summed E-state index contributed by atoms with van der Waals surface area (Å²) in [6.45, 7) is 3.15. The van der Waals surface area contributed by atoms with Crippen LogP contribution in [-0.4, -0.2) is 19.3 Å². The maximum absolute atomic E-state index is 12.5. The predicted octanol–water partition coefficient (Wildman–Crippen LogP) is 6.43. The standard InChI is InChI=1S/C28H24ClNO5/c1-2-3-13-33-28(32)19-9-11-20(12-10-19)30-16-23-26-22(14-24(29)27(23)34-17-30)21(15-25(31)35-26)18-7-5-4-6-8-18/h4-12,14-15H,2-3,13,16-17H2,1H3. The van der Waals surface area contributed by atoms with Crippen LogP contribution in [0.3, 0.4) is 0 Å². The van der Waals surface area contributed by atoms with Crippen molar-refractivity contribution in [1.29, 1.82) is 0 Å². The number of carbonyl (C=O) groups excluding carboxylic acids is 1. The van der Waals surface area contributed by atoms with Gasteiger partial charge in [0.1, 0.15) is 11.3 Å². The predicted molar refractivity (Wildman–Crippen MR) is 136 cm³/mol. The zero-order valence-corrected chi connectivity index (χ0v) is 20.0. The summed E-state index contributed by atoms with van der Waals surface area (Å²) in [5.74, 6) is 0.179. The fourth-order valence-corrected chi connectivity index (χ4v) is 4.49. The summed E-state index contributed by atoms with van der Waals surface area (Å²) in [5, 5.41) is 1.21. The molecule has 1 aromatic heterocycles. The number of unbranched alkanes of at least 4 members (excludes halogenated alkanes) is 1. The minimum atomic E-state index is -0.441. The van der Waals surface area contributed by atoms with Crippen molar-refractivity contribution in [3.63, 3.8) is 0 Å². The van der Waals surface area contributed by atoms with Crippen LogP contribution in [0.5, 0.6) is 5.75 Å². The number of ether oxygens (including phenoxy) is 2. The molecule has 1 aliphatic rings. The van der Waals surface area contributed by atoms with Gasteiger partial charge in [0.05, 0.1) is 29.3 Å². The Hall–Kier alpha value is -3.77. The lowest BCUT2D eigenvalue weighted by molar-refractivity contribution is 0.0500. The Kier molecular flexibility index (Phi) is 6.47. The average molecular weight is 490 g/mol. The van der Waals surface area contributed by atoms with Crippen LogP contribution in [0.15, 0.2) is 75.9 Å². The Morgan fingerprint density at radius 2 is 1.86 bits per heavy atom. The van der Waals surface area contributed by atoms with E-state index in [0.29, 0.717) is 40.6 Å². The maximum Gasteiger partial charge on any atom is 0.338 e. The van der Waals surface area contributed by atoms with E-state index in [1.807, 2.05) is 54.3 Å². The van der Waals surface area contributed by atoms with Crippen molar-refractivity contribution in [3.8, 4) is 16.9 Å². The van der Waals surface area contributed by atoms with Gasteiger partial charge in [0, 0.05) is 17.1 Å². The van der Waals surface area contributed by atoms with Crippen LogP contribution in [0.1, 0.15) is 35.7 Å². The van der Waals surface area contributed by atoms with E-state index in [1.54, 1.807) is 18.2 Å². The highest BCUT2D eigenvalue weighted by molar-refractivity contribution is 6.33. The van der Waals surface area contributed by atoms with Crippen molar-refractivity contribution in [3.05, 3.63) is 93.3 Å². The highest BCUT2D eigenvalue weighted by Gasteiger charge is 2.26. The first-order chi connectivity index (χ1) is 17.0. The van der Waals surface area contributed by atoms with E-state index in [-0.39, 0.29) is 12.7 Å². The lowest BCUT2D eigenvalue weighted by atomic mass is 9.99. The van der Waals surface area contributed by atoms with Crippen molar-refractivity contribution in [1.82, 2.24) is 0 Å². The summed E-state index contributed by atoms with van der Waals surface area (Å²) in [6, 6.07) is 20.1. The maximum atomic E-state index is 12.5. The molecule has 1 aliphatic heterocycles. The van der Waals surface area contributed by atoms with Gasteiger partial charge in [-0.2, -0.15) is 0 Å². The number of esters is 1. The molecular weight excluding hydrogens is 466 g/mol. The first kappa shape index (κ1) is 23.0. The molecule has 3 aromatic carbocycles. The van der Waals surface area contributed by atoms with Gasteiger partial charge in [0.2, 0.25) is 0 Å². The number of nitrogens with zero attached hydrogens (tertiary/aromatic N) is 1. The summed E-state index contributed by atoms with van der Waals surface area (Å²) < 4.78 is 17.0.